The van der Waals surface area contributed by atoms with Crippen LogP contribution in [0.25, 0.3) is 11.0 Å². The van der Waals surface area contributed by atoms with Crippen molar-refractivity contribution in [2.45, 2.75) is 32.4 Å². The predicted molar refractivity (Wildman–Crippen MR) is 133 cm³/mol. The first-order valence-electron chi connectivity index (χ1n) is 11.8. The van der Waals surface area contributed by atoms with Gasteiger partial charge >= 0.3 is 0 Å². The molecule has 1 unspecified atom stereocenters. The number of likely N-dealkylation sites (N-methyl/N-ethyl adjacent to an activating group) is 1. The predicted octanol–water partition coefficient (Wildman–Crippen LogP) is 4.61. The van der Waals surface area contributed by atoms with E-state index < -0.39 is 0 Å². The van der Waals surface area contributed by atoms with Crippen molar-refractivity contribution in [3.05, 3.63) is 96.3 Å². The molecule has 6 nitrogen and oxygen atoms in total. The number of likely N-dealkylation sites (tertiary alicyclic amines) is 1. The van der Waals surface area contributed by atoms with E-state index in [2.05, 4.69) is 0 Å². The first-order chi connectivity index (χ1) is 16.6. The van der Waals surface area contributed by atoms with Crippen LogP contribution in [0.5, 0.6) is 0 Å². The Morgan fingerprint density at radius 1 is 0.971 bits per heavy atom. The normalized spacial score (nSPS) is 15.7. The lowest BCUT2D eigenvalue weighted by Crippen LogP contribution is -2.34. The summed E-state index contributed by atoms with van der Waals surface area (Å²) in [5, 5.41) is 0. The molecule has 1 atom stereocenters. The van der Waals surface area contributed by atoms with Crippen LogP contribution < -0.4 is 4.90 Å². The molecule has 5 rings (SSSR count). The van der Waals surface area contributed by atoms with Crippen molar-refractivity contribution in [1.29, 1.82) is 0 Å². The molecule has 0 radical (unpaired) electrons. The van der Waals surface area contributed by atoms with E-state index in [1.165, 1.54) is 0 Å². The fourth-order valence-electron chi connectivity index (χ4n) is 4.81. The molecule has 0 N–H and O–H groups in total. The van der Waals surface area contributed by atoms with Gasteiger partial charge in [-0.3, -0.25) is 9.59 Å². The monoisotopic (exact) mass is 452 g/mol. The second kappa shape index (κ2) is 9.51. The van der Waals surface area contributed by atoms with Crippen LogP contribution in [0.4, 0.5) is 5.69 Å². The van der Waals surface area contributed by atoms with Crippen molar-refractivity contribution in [2.75, 3.05) is 18.0 Å². The number of amides is 2. The Morgan fingerprint density at radius 2 is 1.65 bits per heavy atom. The number of hydrogen-bond donors (Lipinski definition) is 0. The Labute approximate surface area is 199 Å². The molecule has 1 saturated heterocycles. The standard InChI is InChI=1S/C28H28N4O2/c1-2-31(23-13-7-4-8-14-23)27(34)20-32-25-16-10-9-15-24(25)29-28(32)22-17-26(33)30(19-22)18-21-11-5-3-6-12-21/h3-16,22H,2,17-20H2,1H3. The third-order valence-corrected chi connectivity index (χ3v) is 6.46. The summed E-state index contributed by atoms with van der Waals surface area (Å²) in [5.74, 6) is 0.882. The SMILES string of the molecule is CCN(C(=O)Cn1c(C2CC(=O)N(Cc3ccccc3)C2)nc2ccccc21)c1ccccc1. The first kappa shape index (κ1) is 21.9. The third kappa shape index (κ3) is 4.31. The number of carbonyl (C=O) groups is 2. The molecule has 0 aliphatic carbocycles. The summed E-state index contributed by atoms with van der Waals surface area (Å²) in [7, 11) is 0. The zero-order valence-electron chi connectivity index (χ0n) is 19.3. The minimum absolute atomic E-state index is 0.00330. The summed E-state index contributed by atoms with van der Waals surface area (Å²) in [4.78, 5) is 34.9. The van der Waals surface area contributed by atoms with Crippen LogP contribution in [-0.4, -0.2) is 39.4 Å². The zero-order chi connectivity index (χ0) is 23.5. The van der Waals surface area contributed by atoms with Crippen LogP contribution in [0.15, 0.2) is 84.9 Å². The molecule has 1 fully saturated rings. The topological polar surface area (TPSA) is 58.4 Å². The highest BCUT2D eigenvalue weighted by Gasteiger charge is 2.34. The molecule has 6 heteroatoms. The zero-order valence-corrected chi connectivity index (χ0v) is 19.3. The number of benzene rings is 3. The highest BCUT2D eigenvalue weighted by atomic mass is 16.2. The lowest BCUT2D eigenvalue weighted by molar-refractivity contribution is -0.128. The molecule has 172 valence electrons. The molecule has 0 spiro atoms. The second-order valence-corrected chi connectivity index (χ2v) is 8.68. The van der Waals surface area contributed by atoms with Gasteiger partial charge in [0.05, 0.1) is 11.0 Å². The number of para-hydroxylation sites is 3. The Kier molecular flexibility index (Phi) is 6.12. The van der Waals surface area contributed by atoms with Crippen LogP contribution in [0, 0.1) is 0 Å². The average Bonchev–Trinajstić information content (AvgIpc) is 3.41. The molecule has 1 aliphatic heterocycles. The first-order valence-corrected chi connectivity index (χ1v) is 11.8. The number of nitrogens with zero attached hydrogens (tertiary/aromatic N) is 4. The van der Waals surface area contributed by atoms with Gasteiger partial charge in [-0.1, -0.05) is 60.7 Å². The molecule has 0 saturated carbocycles. The van der Waals surface area contributed by atoms with E-state index in [1.807, 2.05) is 101 Å². The number of anilines is 1. The van der Waals surface area contributed by atoms with Gasteiger partial charge in [0.25, 0.3) is 0 Å². The van der Waals surface area contributed by atoms with Gasteiger partial charge in [0, 0.05) is 37.7 Å². The Balaban J connectivity index is 1.43. The second-order valence-electron chi connectivity index (χ2n) is 8.68. The van der Waals surface area contributed by atoms with Gasteiger partial charge in [-0.2, -0.15) is 0 Å². The van der Waals surface area contributed by atoms with E-state index in [9.17, 15) is 9.59 Å². The van der Waals surface area contributed by atoms with E-state index in [0.717, 1.165) is 28.1 Å². The Bertz CT molecular complexity index is 1300. The Morgan fingerprint density at radius 3 is 2.38 bits per heavy atom. The van der Waals surface area contributed by atoms with Crippen LogP contribution in [0.2, 0.25) is 0 Å². The Hall–Kier alpha value is -3.93. The van der Waals surface area contributed by atoms with E-state index >= 15 is 0 Å². The van der Waals surface area contributed by atoms with Crippen molar-refractivity contribution in [2.24, 2.45) is 0 Å². The van der Waals surface area contributed by atoms with Crippen molar-refractivity contribution < 1.29 is 9.59 Å². The summed E-state index contributed by atoms with van der Waals surface area (Å²) in [6, 6.07) is 27.6. The van der Waals surface area contributed by atoms with Crippen molar-refractivity contribution in [3.8, 4) is 0 Å². The molecule has 34 heavy (non-hydrogen) atoms. The summed E-state index contributed by atoms with van der Waals surface area (Å²) in [6.07, 6.45) is 0.403. The van der Waals surface area contributed by atoms with Gasteiger partial charge < -0.3 is 14.4 Å². The summed E-state index contributed by atoms with van der Waals surface area (Å²) in [5.41, 5.74) is 3.76. The molecule has 3 aromatic carbocycles. The van der Waals surface area contributed by atoms with E-state index in [0.29, 0.717) is 26.1 Å². The van der Waals surface area contributed by atoms with E-state index in [-0.39, 0.29) is 24.3 Å². The van der Waals surface area contributed by atoms with Crippen LogP contribution in [0.1, 0.15) is 30.7 Å². The van der Waals surface area contributed by atoms with Crippen LogP contribution >= 0.6 is 0 Å². The van der Waals surface area contributed by atoms with Gasteiger partial charge in [-0.05, 0) is 36.8 Å². The largest absolute Gasteiger partial charge is 0.338 e. The molecule has 2 amide bonds. The maximum atomic E-state index is 13.4. The fourth-order valence-corrected chi connectivity index (χ4v) is 4.81. The van der Waals surface area contributed by atoms with Crippen molar-refractivity contribution in [3.63, 3.8) is 0 Å². The van der Waals surface area contributed by atoms with Crippen LogP contribution in [0.3, 0.4) is 0 Å². The van der Waals surface area contributed by atoms with Crippen LogP contribution in [-0.2, 0) is 22.7 Å². The van der Waals surface area contributed by atoms with Crippen molar-refractivity contribution >= 4 is 28.5 Å². The van der Waals surface area contributed by atoms with Gasteiger partial charge in [0.15, 0.2) is 0 Å². The lowest BCUT2D eigenvalue weighted by Gasteiger charge is -2.23. The summed E-state index contributed by atoms with van der Waals surface area (Å²) >= 11 is 0. The number of imidazole rings is 1. The van der Waals surface area contributed by atoms with Gasteiger partial charge in [0.2, 0.25) is 11.8 Å². The quantitative estimate of drug-likeness (QED) is 0.412. The molecule has 0 bridgehead atoms. The average molecular weight is 453 g/mol. The summed E-state index contributed by atoms with van der Waals surface area (Å²) in [6.45, 7) is 3.93. The molecule has 1 aromatic heterocycles. The number of aromatic nitrogens is 2. The number of fused-ring (bicyclic) bond motifs is 1. The maximum Gasteiger partial charge on any atom is 0.246 e. The highest BCUT2D eigenvalue weighted by molar-refractivity contribution is 5.94. The van der Waals surface area contributed by atoms with E-state index in [1.54, 1.807) is 4.90 Å². The number of carbonyl (C=O) groups excluding carboxylic acids is 2. The fraction of sp³-hybridized carbons (Fsp3) is 0.250. The van der Waals surface area contributed by atoms with Crippen molar-refractivity contribution in [1.82, 2.24) is 14.5 Å². The highest BCUT2D eigenvalue weighted by Crippen LogP contribution is 2.31. The van der Waals surface area contributed by atoms with Gasteiger partial charge in [-0.25, -0.2) is 4.98 Å². The molecule has 1 aliphatic rings. The molecular formula is C28H28N4O2. The number of hydrogen-bond acceptors (Lipinski definition) is 3. The maximum absolute atomic E-state index is 13.4. The molecule has 2 heterocycles. The minimum Gasteiger partial charge on any atom is -0.338 e. The summed E-state index contributed by atoms with van der Waals surface area (Å²) < 4.78 is 2.01. The van der Waals surface area contributed by atoms with Gasteiger partial charge in [-0.15, -0.1) is 0 Å². The molecule has 4 aromatic rings. The third-order valence-electron chi connectivity index (χ3n) is 6.46. The molecular weight excluding hydrogens is 424 g/mol. The number of rotatable bonds is 7. The minimum atomic E-state index is -0.0526. The van der Waals surface area contributed by atoms with E-state index in [4.69, 9.17) is 4.98 Å². The lowest BCUT2D eigenvalue weighted by atomic mass is 10.1. The van der Waals surface area contributed by atoms with Gasteiger partial charge in [0.1, 0.15) is 12.4 Å². The smallest absolute Gasteiger partial charge is 0.246 e.